The monoisotopic (exact) mass is 432 g/mol. The van der Waals surface area contributed by atoms with Crippen LogP contribution in [0.5, 0.6) is 0 Å². The standard InChI is InChI=1S/C23H14F3N5O/c24-16-3-5-20(19(26)8-16)30-23(32)17-4-1-13(7-18(17)25)21-11-27-22-6-2-14(12-31(21)22)15-9-28-29-10-15/h1-12H,(H,28,29)(H,30,32)/p-1. The van der Waals surface area contributed by atoms with Crippen LogP contribution in [0.1, 0.15) is 5.56 Å². The highest BCUT2D eigenvalue weighted by Crippen LogP contribution is 2.27. The third kappa shape index (κ3) is 3.49. The van der Waals surface area contributed by atoms with Gasteiger partial charge < -0.3 is 5.11 Å². The van der Waals surface area contributed by atoms with E-state index in [2.05, 4.69) is 20.2 Å². The summed E-state index contributed by atoms with van der Waals surface area (Å²) in [4.78, 5) is 7.90. The van der Waals surface area contributed by atoms with Crippen LogP contribution in [0.4, 0.5) is 18.9 Å². The molecular weight excluding hydrogens is 419 g/mol. The molecule has 0 fully saturated rings. The molecule has 5 aromatic rings. The molecule has 0 amide bonds. The summed E-state index contributed by atoms with van der Waals surface area (Å²) >= 11 is 0. The summed E-state index contributed by atoms with van der Waals surface area (Å²) in [6.07, 6.45) is 6.89. The molecule has 0 saturated heterocycles. The van der Waals surface area contributed by atoms with Gasteiger partial charge in [0, 0.05) is 40.7 Å². The lowest BCUT2D eigenvalue weighted by molar-refractivity contribution is -0.212. The van der Waals surface area contributed by atoms with Crippen molar-refractivity contribution in [2.45, 2.75) is 0 Å². The first-order valence-electron chi connectivity index (χ1n) is 9.47. The Morgan fingerprint density at radius 1 is 0.906 bits per heavy atom. The summed E-state index contributed by atoms with van der Waals surface area (Å²) in [7, 11) is 0. The number of halogens is 3. The average molecular weight is 432 g/mol. The molecule has 3 aromatic heterocycles. The first-order valence-corrected chi connectivity index (χ1v) is 9.47. The second-order valence-corrected chi connectivity index (χ2v) is 6.98. The van der Waals surface area contributed by atoms with Crippen LogP contribution in [0, 0.1) is 17.5 Å². The van der Waals surface area contributed by atoms with E-state index in [1.54, 1.807) is 29.1 Å². The molecule has 158 valence electrons. The van der Waals surface area contributed by atoms with Crippen molar-refractivity contribution >= 4 is 17.2 Å². The second kappa shape index (κ2) is 7.69. The summed E-state index contributed by atoms with van der Waals surface area (Å²) in [6, 6.07) is 10.3. The number of aromatic amines is 1. The van der Waals surface area contributed by atoms with Crippen molar-refractivity contribution in [3.05, 3.63) is 96.3 Å². The Balaban J connectivity index is 1.52. The van der Waals surface area contributed by atoms with Crippen molar-refractivity contribution < 1.29 is 18.3 Å². The molecule has 6 nitrogen and oxygen atoms in total. The van der Waals surface area contributed by atoms with Crippen molar-refractivity contribution in [1.29, 1.82) is 0 Å². The van der Waals surface area contributed by atoms with Crippen LogP contribution in [-0.2, 0) is 0 Å². The van der Waals surface area contributed by atoms with Gasteiger partial charge in [-0.05, 0) is 36.2 Å². The molecule has 9 heteroatoms. The number of aliphatic imine (C=N–C) groups is 1. The third-order valence-corrected chi connectivity index (χ3v) is 4.96. The molecule has 0 saturated carbocycles. The maximum absolute atomic E-state index is 14.8. The number of imidazole rings is 1. The summed E-state index contributed by atoms with van der Waals surface area (Å²) < 4.78 is 43.4. The molecule has 0 aliphatic heterocycles. The molecule has 0 aliphatic rings. The van der Waals surface area contributed by atoms with Crippen molar-refractivity contribution in [2.24, 2.45) is 4.99 Å². The molecular formula is C23H13F3N5O-. The quantitative estimate of drug-likeness (QED) is 0.341. The predicted molar refractivity (Wildman–Crippen MR) is 111 cm³/mol. The number of hydrogen-bond acceptors (Lipinski definition) is 4. The molecule has 0 bridgehead atoms. The fraction of sp³-hybridized carbons (Fsp3) is 0. The number of nitrogens with one attached hydrogen (secondary N) is 1. The first kappa shape index (κ1) is 19.6. The van der Waals surface area contributed by atoms with Crippen LogP contribution in [0.15, 0.2) is 78.3 Å². The second-order valence-electron chi connectivity index (χ2n) is 6.98. The van der Waals surface area contributed by atoms with Crippen molar-refractivity contribution in [1.82, 2.24) is 19.6 Å². The average Bonchev–Trinajstić information content (AvgIpc) is 3.45. The molecule has 32 heavy (non-hydrogen) atoms. The van der Waals surface area contributed by atoms with Gasteiger partial charge in [0.05, 0.1) is 23.8 Å². The molecule has 0 radical (unpaired) electrons. The van der Waals surface area contributed by atoms with E-state index >= 15 is 0 Å². The zero-order valence-corrected chi connectivity index (χ0v) is 16.3. The zero-order valence-electron chi connectivity index (χ0n) is 16.3. The van der Waals surface area contributed by atoms with Crippen LogP contribution >= 0.6 is 0 Å². The Kier molecular flexibility index (Phi) is 4.70. The minimum absolute atomic E-state index is 0.328. The third-order valence-electron chi connectivity index (χ3n) is 4.96. The van der Waals surface area contributed by atoms with Crippen molar-refractivity contribution in [3.63, 3.8) is 0 Å². The van der Waals surface area contributed by atoms with E-state index in [0.717, 1.165) is 23.3 Å². The van der Waals surface area contributed by atoms with E-state index < -0.39 is 23.3 Å². The van der Waals surface area contributed by atoms with Crippen LogP contribution < -0.4 is 5.11 Å². The van der Waals surface area contributed by atoms with Gasteiger partial charge in [-0.3, -0.25) is 14.5 Å². The summed E-state index contributed by atoms with van der Waals surface area (Å²) in [6.45, 7) is 0. The van der Waals surface area contributed by atoms with E-state index in [9.17, 15) is 18.3 Å². The summed E-state index contributed by atoms with van der Waals surface area (Å²) in [5.41, 5.74) is 2.84. The van der Waals surface area contributed by atoms with Crippen molar-refractivity contribution in [2.75, 3.05) is 0 Å². The molecule has 0 spiro atoms. The highest BCUT2D eigenvalue weighted by molar-refractivity contribution is 5.93. The van der Waals surface area contributed by atoms with Crippen molar-refractivity contribution in [3.8, 4) is 22.4 Å². The van der Waals surface area contributed by atoms with Gasteiger partial charge >= 0.3 is 0 Å². The van der Waals surface area contributed by atoms with Gasteiger partial charge in [-0.15, -0.1) is 0 Å². The SMILES string of the molecule is [O-]C(=Nc1ccc(F)cc1F)c1ccc(-c2cnc3ccc(-c4cn[nH]c4)cn23)cc1F. The lowest BCUT2D eigenvalue weighted by atomic mass is 10.1. The van der Waals surface area contributed by atoms with Crippen LogP contribution in [0.3, 0.4) is 0 Å². The lowest BCUT2D eigenvalue weighted by Gasteiger charge is -2.13. The fourth-order valence-corrected chi connectivity index (χ4v) is 3.36. The van der Waals surface area contributed by atoms with Gasteiger partial charge in [-0.25, -0.2) is 18.2 Å². The Morgan fingerprint density at radius 2 is 1.75 bits per heavy atom. The Labute approximate surface area is 179 Å². The van der Waals surface area contributed by atoms with Gasteiger partial charge in [-0.1, -0.05) is 12.1 Å². The fourth-order valence-electron chi connectivity index (χ4n) is 3.36. The van der Waals surface area contributed by atoms with E-state index in [1.165, 1.54) is 12.1 Å². The van der Waals surface area contributed by atoms with Gasteiger partial charge in [0.25, 0.3) is 0 Å². The summed E-state index contributed by atoms with van der Waals surface area (Å²) in [5, 5.41) is 19.1. The van der Waals surface area contributed by atoms with Crippen LogP contribution in [0.25, 0.3) is 28.0 Å². The van der Waals surface area contributed by atoms with Gasteiger partial charge in [0.2, 0.25) is 0 Å². The summed E-state index contributed by atoms with van der Waals surface area (Å²) in [5.74, 6) is -3.59. The molecule has 0 atom stereocenters. The number of benzene rings is 2. The maximum atomic E-state index is 14.8. The number of rotatable bonds is 4. The van der Waals surface area contributed by atoms with Crippen LogP contribution in [0.2, 0.25) is 0 Å². The molecule has 1 N–H and O–H groups in total. The molecule has 0 aliphatic carbocycles. The molecule has 2 aromatic carbocycles. The topological polar surface area (TPSA) is 81.4 Å². The highest BCUT2D eigenvalue weighted by atomic mass is 19.1. The lowest BCUT2D eigenvalue weighted by Crippen LogP contribution is -2.20. The minimum atomic E-state index is -1.01. The number of fused-ring (bicyclic) bond motifs is 1. The first-order chi connectivity index (χ1) is 15.5. The van der Waals surface area contributed by atoms with E-state index in [4.69, 9.17) is 0 Å². The Morgan fingerprint density at radius 3 is 2.50 bits per heavy atom. The van der Waals surface area contributed by atoms with E-state index in [1.807, 2.05) is 18.3 Å². The largest absolute Gasteiger partial charge is 0.858 e. The predicted octanol–water partition coefficient (Wildman–Crippen LogP) is 4.25. The van der Waals surface area contributed by atoms with Gasteiger partial charge in [0.1, 0.15) is 17.3 Å². The maximum Gasteiger partial charge on any atom is 0.151 e. The number of H-pyrrole nitrogens is 1. The smallest absolute Gasteiger partial charge is 0.151 e. The van der Waals surface area contributed by atoms with Gasteiger partial charge in [0.15, 0.2) is 5.82 Å². The minimum Gasteiger partial charge on any atom is -0.858 e. The zero-order chi connectivity index (χ0) is 22.2. The Bertz CT molecular complexity index is 1470. The molecule has 5 rings (SSSR count). The van der Waals surface area contributed by atoms with E-state index in [0.29, 0.717) is 23.0 Å². The molecule has 0 unspecified atom stereocenters. The number of hydrogen-bond donors (Lipinski definition) is 1. The molecule has 3 heterocycles. The highest BCUT2D eigenvalue weighted by Gasteiger charge is 2.12. The number of aromatic nitrogens is 4. The Hall–Kier alpha value is -4.40. The number of nitrogens with zero attached hydrogens (tertiary/aromatic N) is 4. The number of pyridine rings is 1. The van der Waals surface area contributed by atoms with E-state index in [-0.39, 0.29) is 11.3 Å². The van der Waals surface area contributed by atoms with Crippen LogP contribution in [-0.4, -0.2) is 25.5 Å². The van der Waals surface area contributed by atoms with Gasteiger partial charge in [-0.2, -0.15) is 5.10 Å². The normalized spacial score (nSPS) is 11.9.